The van der Waals surface area contributed by atoms with Crippen molar-refractivity contribution in [2.75, 3.05) is 0 Å². The maximum atomic E-state index is 4.38. The molecule has 3 nitrogen and oxygen atoms in total. The molecule has 2 aromatic rings. The molecule has 0 radical (unpaired) electrons. The van der Waals surface area contributed by atoms with Gasteiger partial charge in [0.2, 0.25) is 0 Å². The predicted octanol–water partition coefficient (Wildman–Crippen LogP) is 2.65. The first-order chi connectivity index (χ1) is 8.75. The normalized spacial score (nSPS) is 15.0. The Morgan fingerprint density at radius 2 is 2.11 bits per heavy atom. The molecule has 3 heteroatoms. The van der Waals surface area contributed by atoms with E-state index in [9.17, 15) is 0 Å². The van der Waals surface area contributed by atoms with Crippen molar-refractivity contribution in [3.05, 3.63) is 41.9 Å². The first-order valence-corrected chi connectivity index (χ1v) is 6.55. The Morgan fingerprint density at radius 3 is 2.78 bits per heavy atom. The molecule has 1 N–H and O–H groups in total. The van der Waals surface area contributed by atoms with E-state index in [0.29, 0.717) is 0 Å². The smallest absolute Gasteiger partial charge is 0.105 e. The third-order valence-electron chi connectivity index (χ3n) is 3.67. The van der Waals surface area contributed by atoms with Gasteiger partial charge >= 0.3 is 0 Å². The molecule has 0 spiro atoms. The molecule has 1 heterocycles. The monoisotopic (exact) mass is 241 g/mol. The molecule has 0 unspecified atom stereocenters. The van der Waals surface area contributed by atoms with Gasteiger partial charge in [0.25, 0.3) is 0 Å². The second kappa shape index (κ2) is 4.58. The number of aromatic nitrogens is 2. The average Bonchev–Trinajstić information content (AvgIpc) is 3.16. The Hall–Kier alpha value is -1.61. The first-order valence-electron chi connectivity index (χ1n) is 6.55. The van der Waals surface area contributed by atoms with Gasteiger partial charge in [0.15, 0.2) is 0 Å². The second-order valence-corrected chi connectivity index (χ2v) is 5.06. The fourth-order valence-electron chi connectivity index (χ4n) is 2.22. The van der Waals surface area contributed by atoms with Gasteiger partial charge in [-0.2, -0.15) is 0 Å². The number of nitrogens with one attached hydrogen (secondary N) is 1. The summed E-state index contributed by atoms with van der Waals surface area (Å²) < 4.78 is 2.15. The van der Waals surface area contributed by atoms with Crippen molar-refractivity contribution in [2.24, 2.45) is 7.05 Å². The highest BCUT2D eigenvalue weighted by Gasteiger charge is 2.20. The lowest BCUT2D eigenvalue weighted by molar-refractivity contribution is 0.688. The Balaban J connectivity index is 1.92. The first kappa shape index (κ1) is 11.5. The lowest BCUT2D eigenvalue weighted by Gasteiger charge is -2.11. The van der Waals surface area contributed by atoms with Crippen LogP contribution in [-0.2, 0) is 13.6 Å². The van der Waals surface area contributed by atoms with E-state index < -0.39 is 0 Å². The van der Waals surface area contributed by atoms with Crippen LogP contribution in [0.4, 0.5) is 0 Å². The summed E-state index contributed by atoms with van der Waals surface area (Å²) in [6, 6.07) is 9.33. The van der Waals surface area contributed by atoms with Crippen LogP contribution in [0, 0.1) is 6.92 Å². The van der Waals surface area contributed by atoms with E-state index in [1.165, 1.54) is 29.7 Å². The van der Waals surface area contributed by atoms with Crippen molar-refractivity contribution in [1.82, 2.24) is 14.9 Å². The highest BCUT2D eigenvalue weighted by Crippen LogP contribution is 2.25. The Kier molecular flexibility index (Phi) is 2.92. The summed E-state index contributed by atoms with van der Waals surface area (Å²) in [5.41, 5.74) is 3.84. The topological polar surface area (TPSA) is 29.9 Å². The minimum atomic E-state index is 0.742. The molecule has 94 valence electrons. The summed E-state index contributed by atoms with van der Waals surface area (Å²) >= 11 is 0. The van der Waals surface area contributed by atoms with Gasteiger partial charge in [-0.25, -0.2) is 4.98 Å². The van der Waals surface area contributed by atoms with Crippen LogP contribution in [0.3, 0.4) is 0 Å². The number of hydrogen-bond donors (Lipinski definition) is 1. The molecule has 0 atom stereocenters. The summed E-state index contributed by atoms with van der Waals surface area (Å²) in [6.45, 7) is 2.99. The van der Waals surface area contributed by atoms with Crippen LogP contribution in [-0.4, -0.2) is 15.6 Å². The summed E-state index contributed by atoms with van der Waals surface area (Å²) in [5, 5.41) is 3.58. The van der Waals surface area contributed by atoms with Crippen molar-refractivity contribution < 1.29 is 0 Å². The van der Waals surface area contributed by atoms with Crippen molar-refractivity contribution >= 4 is 0 Å². The van der Waals surface area contributed by atoms with E-state index >= 15 is 0 Å². The van der Waals surface area contributed by atoms with Crippen LogP contribution in [0.15, 0.2) is 30.5 Å². The predicted molar refractivity (Wildman–Crippen MR) is 73.2 cm³/mol. The maximum Gasteiger partial charge on any atom is 0.105 e. The van der Waals surface area contributed by atoms with Crippen LogP contribution < -0.4 is 5.32 Å². The number of benzene rings is 1. The van der Waals surface area contributed by atoms with E-state index in [-0.39, 0.29) is 0 Å². The molecular weight excluding hydrogens is 222 g/mol. The fourth-order valence-corrected chi connectivity index (χ4v) is 2.22. The highest BCUT2D eigenvalue weighted by atomic mass is 15.1. The van der Waals surface area contributed by atoms with Gasteiger partial charge in [-0.15, -0.1) is 0 Å². The van der Waals surface area contributed by atoms with Gasteiger partial charge in [0.1, 0.15) is 5.82 Å². The van der Waals surface area contributed by atoms with E-state index in [1.54, 1.807) is 0 Å². The molecule has 1 aromatic heterocycles. The molecule has 18 heavy (non-hydrogen) atoms. The van der Waals surface area contributed by atoms with Gasteiger partial charge in [0.05, 0.1) is 11.9 Å². The van der Waals surface area contributed by atoms with Crippen LogP contribution in [0.25, 0.3) is 11.3 Å². The van der Waals surface area contributed by atoms with Crippen LogP contribution in [0.2, 0.25) is 0 Å². The lowest BCUT2D eigenvalue weighted by atomic mass is 10.0. The minimum absolute atomic E-state index is 0.742. The maximum absolute atomic E-state index is 4.38. The van der Waals surface area contributed by atoms with Crippen molar-refractivity contribution in [3.8, 4) is 11.3 Å². The Labute approximate surface area is 108 Å². The summed E-state index contributed by atoms with van der Waals surface area (Å²) in [6.07, 6.45) is 4.62. The summed E-state index contributed by atoms with van der Waals surface area (Å²) in [4.78, 5) is 4.38. The van der Waals surface area contributed by atoms with Gasteiger partial charge in [-0.05, 0) is 25.3 Å². The van der Waals surface area contributed by atoms with E-state index in [2.05, 4.69) is 46.2 Å². The molecule has 0 amide bonds. The zero-order valence-corrected chi connectivity index (χ0v) is 11.0. The van der Waals surface area contributed by atoms with E-state index in [0.717, 1.165) is 18.4 Å². The van der Waals surface area contributed by atoms with Crippen LogP contribution in [0.1, 0.15) is 24.2 Å². The number of aryl methyl sites for hydroxylation is 1. The molecule has 1 saturated carbocycles. The number of nitrogens with zero attached hydrogens (tertiary/aromatic N) is 2. The number of hydrogen-bond acceptors (Lipinski definition) is 2. The standard InChI is InChI=1S/C15H19N3/c1-11-16-10-15(18(11)2)14-6-4-3-5-12(14)9-17-13-7-8-13/h3-6,10,13,17H,7-9H2,1-2H3. The summed E-state index contributed by atoms with van der Waals surface area (Å²) in [5.74, 6) is 1.05. The molecule has 0 aliphatic heterocycles. The van der Waals surface area contributed by atoms with E-state index in [1.807, 2.05) is 13.1 Å². The van der Waals surface area contributed by atoms with Crippen LogP contribution >= 0.6 is 0 Å². The SMILES string of the molecule is Cc1ncc(-c2ccccc2CNC2CC2)n1C. The number of imidazole rings is 1. The number of rotatable bonds is 4. The quantitative estimate of drug-likeness (QED) is 0.892. The third kappa shape index (κ3) is 2.18. The molecule has 1 aliphatic carbocycles. The largest absolute Gasteiger partial charge is 0.331 e. The lowest BCUT2D eigenvalue weighted by Crippen LogP contribution is -2.16. The summed E-state index contributed by atoms with van der Waals surface area (Å²) in [7, 11) is 2.07. The fraction of sp³-hybridized carbons (Fsp3) is 0.400. The average molecular weight is 241 g/mol. The molecule has 0 bridgehead atoms. The van der Waals surface area contributed by atoms with Crippen molar-refractivity contribution in [3.63, 3.8) is 0 Å². The van der Waals surface area contributed by atoms with Crippen LogP contribution in [0.5, 0.6) is 0 Å². The van der Waals surface area contributed by atoms with Gasteiger partial charge in [0, 0.05) is 25.2 Å². The zero-order valence-electron chi connectivity index (χ0n) is 11.0. The molecule has 1 fully saturated rings. The van der Waals surface area contributed by atoms with Gasteiger partial charge in [-0.3, -0.25) is 0 Å². The van der Waals surface area contributed by atoms with Gasteiger partial charge in [-0.1, -0.05) is 24.3 Å². The second-order valence-electron chi connectivity index (χ2n) is 5.06. The Morgan fingerprint density at radius 1 is 1.33 bits per heavy atom. The van der Waals surface area contributed by atoms with Crippen molar-refractivity contribution in [1.29, 1.82) is 0 Å². The van der Waals surface area contributed by atoms with E-state index in [4.69, 9.17) is 0 Å². The highest BCUT2D eigenvalue weighted by molar-refractivity contribution is 5.63. The molecular formula is C15H19N3. The third-order valence-corrected chi connectivity index (χ3v) is 3.67. The molecule has 3 rings (SSSR count). The minimum Gasteiger partial charge on any atom is -0.331 e. The zero-order chi connectivity index (χ0) is 12.5. The van der Waals surface area contributed by atoms with Crippen molar-refractivity contribution in [2.45, 2.75) is 32.4 Å². The Bertz CT molecular complexity index is 553. The molecule has 1 aliphatic rings. The molecule has 1 aromatic carbocycles. The molecule has 0 saturated heterocycles. The van der Waals surface area contributed by atoms with Gasteiger partial charge < -0.3 is 9.88 Å².